The summed E-state index contributed by atoms with van der Waals surface area (Å²) in [5.74, 6) is 0. The van der Waals surface area contributed by atoms with Crippen LogP contribution < -0.4 is 0 Å². The highest BCUT2D eigenvalue weighted by Crippen LogP contribution is 2.19. The number of carbonyl (C=O) groups is 1. The number of carbonyl (C=O) groups excluding carboxylic acids is 1. The second kappa shape index (κ2) is 7.05. The lowest BCUT2D eigenvalue weighted by atomic mass is 10.1. The molecule has 1 aromatic rings. The lowest BCUT2D eigenvalue weighted by Crippen LogP contribution is -2.54. The first-order chi connectivity index (χ1) is 10.7. The average molecular weight is 340 g/mol. The summed E-state index contributed by atoms with van der Waals surface area (Å²) in [6, 6.07) is 4.12. The number of hydrogen-bond acceptors (Lipinski definition) is 4. The van der Waals surface area contributed by atoms with Gasteiger partial charge >= 0.3 is 6.09 Å². The number of amides is 1. The Kier molecular flexibility index (Phi) is 5.53. The van der Waals surface area contributed by atoms with Gasteiger partial charge in [-0.3, -0.25) is 4.90 Å². The molecule has 128 valence electrons. The third-order valence-corrected chi connectivity index (χ3v) is 4.16. The van der Waals surface area contributed by atoms with Crippen LogP contribution in [0.25, 0.3) is 0 Å². The van der Waals surface area contributed by atoms with Gasteiger partial charge in [0.2, 0.25) is 0 Å². The van der Waals surface area contributed by atoms with Crippen molar-refractivity contribution < 1.29 is 9.53 Å². The number of pyridine rings is 1. The third-order valence-electron chi connectivity index (χ3n) is 3.95. The predicted octanol–water partition coefficient (Wildman–Crippen LogP) is 3.48. The molecular weight excluding hydrogens is 314 g/mol. The molecule has 1 aromatic heterocycles. The highest BCUT2D eigenvalue weighted by atomic mass is 35.5. The number of rotatable bonds is 2. The highest BCUT2D eigenvalue weighted by molar-refractivity contribution is 6.29. The van der Waals surface area contributed by atoms with Crippen LogP contribution >= 0.6 is 11.6 Å². The Labute approximate surface area is 143 Å². The number of nitrogens with zero attached hydrogens (tertiary/aromatic N) is 3. The van der Waals surface area contributed by atoms with Crippen LogP contribution in [0.1, 0.15) is 39.0 Å². The molecule has 0 spiro atoms. The quantitative estimate of drug-likeness (QED) is 0.774. The Morgan fingerprint density at radius 3 is 2.65 bits per heavy atom. The fourth-order valence-electron chi connectivity index (χ4n) is 2.67. The molecule has 1 aliphatic rings. The maximum atomic E-state index is 12.2. The summed E-state index contributed by atoms with van der Waals surface area (Å²) >= 11 is 5.91. The van der Waals surface area contributed by atoms with Crippen LogP contribution in [0, 0.1) is 6.92 Å². The van der Waals surface area contributed by atoms with Crippen LogP contribution in [-0.2, 0) is 11.3 Å². The average Bonchev–Trinajstić information content (AvgIpc) is 2.41. The molecule has 2 rings (SSSR count). The van der Waals surface area contributed by atoms with E-state index in [2.05, 4.69) is 16.8 Å². The SMILES string of the molecule is Cc1nc(Cl)ccc1CN1CCN(C(=O)OC(C)(C)C)CC1C. The molecule has 0 bridgehead atoms. The van der Waals surface area contributed by atoms with E-state index < -0.39 is 5.60 Å². The third kappa shape index (κ3) is 5.08. The number of aryl methyl sites for hydroxylation is 1. The molecule has 0 saturated carbocycles. The van der Waals surface area contributed by atoms with Crippen molar-refractivity contribution >= 4 is 17.7 Å². The van der Waals surface area contributed by atoms with Crippen LogP contribution in [0.5, 0.6) is 0 Å². The van der Waals surface area contributed by atoms with Gasteiger partial charge in [-0.25, -0.2) is 9.78 Å². The van der Waals surface area contributed by atoms with E-state index in [4.69, 9.17) is 16.3 Å². The topological polar surface area (TPSA) is 45.7 Å². The molecule has 0 aromatic carbocycles. The minimum Gasteiger partial charge on any atom is -0.444 e. The maximum absolute atomic E-state index is 12.2. The number of aromatic nitrogens is 1. The molecule has 2 heterocycles. The predicted molar refractivity (Wildman–Crippen MR) is 91.7 cm³/mol. The number of hydrogen-bond donors (Lipinski definition) is 0. The minimum atomic E-state index is -0.455. The van der Waals surface area contributed by atoms with E-state index in [1.807, 2.05) is 39.8 Å². The van der Waals surface area contributed by atoms with Crippen LogP contribution in [0.2, 0.25) is 5.15 Å². The molecule has 1 atom stereocenters. The molecule has 1 saturated heterocycles. The van der Waals surface area contributed by atoms with Crippen molar-refractivity contribution in [2.75, 3.05) is 19.6 Å². The summed E-state index contributed by atoms with van der Waals surface area (Å²) in [6.07, 6.45) is -0.228. The van der Waals surface area contributed by atoms with Crippen molar-refractivity contribution in [1.82, 2.24) is 14.8 Å². The van der Waals surface area contributed by atoms with E-state index in [1.165, 1.54) is 5.56 Å². The van der Waals surface area contributed by atoms with Crippen LogP contribution in [0.4, 0.5) is 4.79 Å². The summed E-state index contributed by atoms with van der Waals surface area (Å²) in [7, 11) is 0. The van der Waals surface area contributed by atoms with Crippen molar-refractivity contribution in [2.24, 2.45) is 0 Å². The minimum absolute atomic E-state index is 0.228. The zero-order valence-corrected chi connectivity index (χ0v) is 15.4. The zero-order chi connectivity index (χ0) is 17.2. The van der Waals surface area contributed by atoms with E-state index in [-0.39, 0.29) is 12.1 Å². The first-order valence-electron chi connectivity index (χ1n) is 8.00. The summed E-state index contributed by atoms with van der Waals surface area (Å²) in [4.78, 5) is 20.6. The van der Waals surface area contributed by atoms with Crippen molar-refractivity contribution in [3.63, 3.8) is 0 Å². The van der Waals surface area contributed by atoms with Gasteiger partial charge in [-0.15, -0.1) is 0 Å². The van der Waals surface area contributed by atoms with Crippen molar-refractivity contribution in [3.05, 3.63) is 28.5 Å². The second-order valence-electron chi connectivity index (χ2n) is 7.12. The fraction of sp³-hybridized carbons (Fsp3) is 0.647. The van der Waals surface area contributed by atoms with Gasteiger partial charge in [0, 0.05) is 37.9 Å². The molecule has 23 heavy (non-hydrogen) atoms. The lowest BCUT2D eigenvalue weighted by Gasteiger charge is -2.40. The molecule has 5 nitrogen and oxygen atoms in total. The zero-order valence-electron chi connectivity index (χ0n) is 14.6. The lowest BCUT2D eigenvalue weighted by molar-refractivity contribution is 0.00456. The summed E-state index contributed by atoms with van der Waals surface area (Å²) in [6.45, 7) is 12.8. The molecule has 0 N–H and O–H groups in total. The van der Waals surface area contributed by atoms with Gasteiger partial charge in [0.25, 0.3) is 0 Å². The molecule has 1 amide bonds. The normalized spacial score (nSPS) is 19.7. The molecule has 1 aliphatic heterocycles. The Hall–Kier alpha value is -1.33. The van der Waals surface area contributed by atoms with Crippen molar-refractivity contribution in [2.45, 2.75) is 52.8 Å². The largest absolute Gasteiger partial charge is 0.444 e. The van der Waals surface area contributed by atoms with Gasteiger partial charge in [0.15, 0.2) is 0 Å². The first kappa shape index (κ1) is 18.0. The summed E-state index contributed by atoms with van der Waals surface area (Å²) in [5, 5.41) is 0.522. The van der Waals surface area contributed by atoms with E-state index >= 15 is 0 Å². The van der Waals surface area contributed by atoms with Gasteiger partial charge < -0.3 is 9.64 Å². The number of halogens is 1. The Bertz CT molecular complexity index is 571. The van der Waals surface area contributed by atoms with Gasteiger partial charge in [0.05, 0.1) is 0 Å². The Morgan fingerprint density at radius 2 is 2.09 bits per heavy atom. The highest BCUT2D eigenvalue weighted by Gasteiger charge is 2.29. The molecule has 0 aliphatic carbocycles. The van der Waals surface area contributed by atoms with E-state index in [0.717, 1.165) is 18.8 Å². The number of piperazine rings is 1. The fourth-order valence-corrected chi connectivity index (χ4v) is 2.86. The molecular formula is C17H26ClN3O2. The van der Waals surface area contributed by atoms with Gasteiger partial charge in [0.1, 0.15) is 10.8 Å². The van der Waals surface area contributed by atoms with Crippen molar-refractivity contribution in [1.29, 1.82) is 0 Å². The molecule has 6 heteroatoms. The number of ether oxygens (including phenoxy) is 1. The van der Waals surface area contributed by atoms with Crippen LogP contribution in [0.3, 0.4) is 0 Å². The maximum Gasteiger partial charge on any atom is 0.410 e. The van der Waals surface area contributed by atoms with E-state index in [9.17, 15) is 4.79 Å². The standard InChI is InChI=1S/C17H26ClN3O2/c1-12-10-21(16(22)23-17(3,4)5)9-8-20(12)11-14-6-7-15(18)19-13(14)2/h6-7,12H,8-11H2,1-5H3. The van der Waals surface area contributed by atoms with Crippen LogP contribution in [-0.4, -0.2) is 52.2 Å². The molecule has 1 fully saturated rings. The first-order valence-corrected chi connectivity index (χ1v) is 8.37. The molecule has 0 radical (unpaired) electrons. The Morgan fingerprint density at radius 1 is 1.39 bits per heavy atom. The van der Waals surface area contributed by atoms with Gasteiger partial charge in [-0.1, -0.05) is 17.7 Å². The van der Waals surface area contributed by atoms with Gasteiger partial charge in [-0.05, 0) is 46.2 Å². The summed E-state index contributed by atoms with van der Waals surface area (Å²) in [5.41, 5.74) is 1.68. The monoisotopic (exact) mass is 339 g/mol. The summed E-state index contributed by atoms with van der Waals surface area (Å²) < 4.78 is 5.46. The molecule has 1 unspecified atom stereocenters. The van der Waals surface area contributed by atoms with Crippen LogP contribution in [0.15, 0.2) is 12.1 Å². The Balaban J connectivity index is 1.95. The smallest absolute Gasteiger partial charge is 0.410 e. The van der Waals surface area contributed by atoms with Crippen molar-refractivity contribution in [3.8, 4) is 0 Å². The van der Waals surface area contributed by atoms with E-state index in [0.29, 0.717) is 18.2 Å². The second-order valence-corrected chi connectivity index (χ2v) is 7.51. The van der Waals surface area contributed by atoms with E-state index in [1.54, 1.807) is 4.90 Å². The van der Waals surface area contributed by atoms with Gasteiger partial charge in [-0.2, -0.15) is 0 Å².